The van der Waals surface area contributed by atoms with Crippen LogP contribution in [0.4, 0.5) is 0 Å². The van der Waals surface area contributed by atoms with E-state index in [0.717, 1.165) is 19.4 Å². The minimum atomic E-state index is -0.577. The molecule has 0 aliphatic carbocycles. The topological polar surface area (TPSA) is 67.4 Å². The molecule has 2 atom stereocenters. The molecule has 1 fully saturated rings. The Morgan fingerprint density at radius 3 is 2.47 bits per heavy atom. The first-order valence-electron chi connectivity index (χ1n) is 6.04. The number of amides is 1. The predicted molar refractivity (Wildman–Crippen MR) is 64.4 cm³/mol. The number of ether oxygens (including phenoxy) is 1. The first-order valence-corrected chi connectivity index (χ1v) is 6.04. The molecule has 1 saturated heterocycles. The summed E-state index contributed by atoms with van der Waals surface area (Å²) >= 11 is 0. The molecule has 0 radical (unpaired) electrons. The molecule has 5 heteroatoms. The molecule has 1 heterocycles. The Kier molecular flexibility index (Phi) is 4.51. The zero-order chi connectivity index (χ0) is 13.1. The normalized spacial score (nSPS) is 25.7. The Morgan fingerprint density at radius 2 is 2.06 bits per heavy atom. The van der Waals surface area contributed by atoms with Gasteiger partial charge in [0, 0.05) is 0 Å². The SMILES string of the molecule is COC(=O)[C@@H](NC(=O)C1(C)CCCN1)C(C)C. The second-order valence-corrected chi connectivity index (χ2v) is 5.08. The maximum atomic E-state index is 12.1. The van der Waals surface area contributed by atoms with E-state index in [1.807, 2.05) is 20.8 Å². The monoisotopic (exact) mass is 242 g/mol. The highest BCUT2D eigenvalue weighted by Gasteiger charge is 2.38. The van der Waals surface area contributed by atoms with Crippen LogP contribution < -0.4 is 10.6 Å². The van der Waals surface area contributed by atoms with Gasteiger partial charge in [0.25, 0.3) is 0 Å². The summed E-state index contributed by atoms with van der Waals surface area (Å²) in [7, 11) is 1.33. The number of hydrogen-bond acceptors (Lipinski definition) is 4. The fourth-order valence-electron chi connectivity index (χ4n) is 2.01. The average Bonchev–Trinajstić information content (AvgIpc) is 2.72. The van der Waals surface area contributed by atoms with E-state index in [4.69, 9.17) is 4.74 Å². The van der Waals surface area contributed by atoms with Crippen molar-refractivity contribution in [1.82, 2.24) is 10.6 Å². The van der Waals surface area contributed by atoms with Gasteiger partial charge in [-0.3, -0.25) is 4.79 Å². The van der Waals surface area contributed by atoms with Crippen molar-refractivity contribution in [1.29, 1.82) is 0 Å². The van der Waals surface area contributed by atoms with Crippen molar-refractivity contribution in [2.24, 2.45) is 5.92 Å². The highest BCUT2D eigenvalue weighted by Crippen LogP contribution is 2.19. The van der Waals surface area contributed by atoms with Crippen molar-refractivity contribution in [3.8, 4) is 0 Å². The van der Waals surface area contributed by atoms with E-state index in [2.05, 4.69) is 10.6 Å². The van der Waals surface area contributed by atoms with Crippen LogP contribution in [0.2, 0.25) is 0 Å². The molecular formula is C12H22N2O3. The highest BCUT2D eigenvalue weighted by atomic mass is 16.5. The number of carbonyl (C=O) groups is 2. The smallest absolute Gasteiger partial charge is 0.328 e. The van der Waals surface area contributed by atoms with E-state index in [-0.39, 0.29) is 11.8 Å². The molecule has 0 bridgehead atoms. The molecule has 0 aromatic heterocycles. The molecular weight excluding hydrogens is 220 g/mol. The number of methoxy groups -OCH3 is 1. The van der Waals surface area contributed by atoms with Crippen LogP contribution in [-0.2, 0) is 14.3 Å². The Labute approximate surface area is 102 Å². The standard InChI is InChI=1S/C12H22N2O3/c1-8(2)9(10(15)17-4)14-11(16)12(3)6-5-7-13-12/h8-9,13H,5-7H2,1-4H3,(H,14,16)/t9-,12?/m0/s1. The average molecular weight is 242 g/mol. The van der Waals surface area contributed by atoms with Crippen LogP contribution in [0.1, 0.15) is 33.6 Å². The summed E-state index contributed by atoms with van der Waals surface area (Å²) in [5.74, 6) is -0.509. The van der Waals surface area contributed by atoms with Crippen LogP contribution in [0.3, 0.4) is 0 Å². The van der Waals surface area contributed by atoms with E-state index in [1.54, 1.807) is 0 Å². The van der Waals surface area contributed by atoms with Crippen molar-refractivity contribution < 1.29 is 14.3 Å². The van der Waals surface area contributed by atoms with Crippen LogP contribution in [0.5, 0.6) is 0 Å². The van der Waals surface area contributed by atoms with Gasteiger partial charge in [0.05, 0.1) is 12.6 Å². The summed E-state index contributed by atoms with van der Waals surface area (Å²) in [6.45, 7) is 6.47. The summed E-state index contributed by atoms with van der Waals surface area (Å²) in [6, 6.07) is -0.577. The summed E-state index contributed by atoms with van der Waals surface area (Å²) in [6.07, 6.45) is 1.78. The predicted octanol–water partition coefficient (Wildman–Crippen LogP) is 0.442. The van der Waals surface area contributed by atoms with E-state index in [0.29, 0.717) is 0 Å². The van der Waals surface area contributed by atoms with Crippen molar-refractivity contribution in [2.75, 3.05) is 13.7 Å². The van der Waals surface area contributed by atoms with Gasteiger partial charge in [0.2, 0.25) is 5.91 Å². The maximum absolute atomic E-state index is 12.1. The Balaban J connectivity index is 2.67. The third kappa shape index (κ3) is 3.19. The Hall–Kier alpha value is -1.10. The lowest BCUT2D eigenvalue weighted by Crippen LogP contribution is -2.56. The number of nitrogens with one attached hydrogen (secondary N) is 2. The van der Waals surface area contributed by atoms with Crippen LogP contribution in [0, 0.1) is 5.92 Å². The molecule has 0 saturated carbocycles. The van der Waals surface area contributed by atoms with Gasteiger partial charge < -0.3 is 15.4 Å². The second kappa shape index (κ2) is 5.49. The van der Waals surface area contributed by atoms with Crippen LogP contribution in [0.15, 0.2) is 0 Å². The lowest BCUT2D eigenvalue weighted by molar-refractivity contribution is -0.147. The first-order chi connectivity index (χ1) is 7.90. The molecule has 1 amide bonds. The maximum Gasteiger partial charge on any atom is 0.328 e. The van der Waals surface area contributed by atoms with Crippen molar-refractivity contribution in [2.45, 2.75) is 45.2 Å². The van der Waals surface area contributed by atoms with Crippen LogP contribution in [-0.4, -0.2) is 37.1 Å². The van der Waals surface area contributed by atoms with Gasteiger partial charge in [-0.15, -0.1) is 0 Å². The Bertz CT molecular complexity index is 296. The number of esters is 1. The second-order valence-electron chi connectivity index (χ2n) is 5.08. The Morgan fingerprint density at radius 1 is 1.41 bits per heavy atom. The molecule has 5 nitrogen and oxygen atoms in total. The van der Waals surface area contributed by atoms with E-state index >= 15 is 0 Å². The zero-order valence-electron chi connectivity index (χ0n) is 11.0. The lowest BCUT2D eigenvalue weighted by atomic mass is 9.97. The van der Waals surface area contributed by atoms with E-state index < -0.39 is 17.6 Å². The number of carbonyl (C=O) groups excluding carboxylic acids is 2. The van der Waals surface area contributed by atoms with Crippen molar-refractivity contribution in [3.63, 3.8) is 0 Å². The fourth-order valence-corrected chi connectivity index (χ4v) is 2.01. The minimum absolute atomic E-state index is 0.0106. The molecule has 1 aliphatic rings. The zero-order valence-corrected chi connectivity index (χ0v) is 11.0. The largest absolute Gasteiger partial charge is 0.467 e. The van der Waals surface area contributed by atoms with Crippen LogP contribution in [0.25, 0.3) is 0 Å². The number of hydrogen-bond donors (Lipinski definition) is 2. The first kappa shape index (κ1) is 14.0. The van der Waals surface area contributed by atoms with Gasteiger partial charge in [0.1, 0.15) is 6.04 Å². The summed E-state index contributed by atoms with van der Waals surface area (Å²) in [5.41, 5.74) is -0.554. The van der Waals surface area contributed by atoms with Gasteiger partial charge in [-0.05, 0) is 32.2 Å². The molecule has 1 aliphatic heterocycles. The van der Waals surface area contributed by atoms with Gasteiger partial charge >= 0.3 is 5.97 Å². The summed E-state index contributed by atoms with van der Waals surface area (Å²) in [4.78, 5) is 23.7. The summed E-state index contributed by atoms with van der Waals surface area (Å²) in [5, 5.41) is 5.94. The number of rotatable bonds is 4. The van der Waals surface area contributed by atoms with Crippen molar-refractivity contribution >= 4 is 11.9 Å². The van der Waals surface area contributed by atoms with Gasteiger partial charge in [-0.25, -0.2) is 4.79 Å². The molecule has 98 valence electrons. The third-order valence-electron chi connectivity index (χ3n) is 3.28. The molecule has 17 heavy (non-hydrogen) atoms. The van der Waals surface area contributed by atoms with Gasteiger partial charge in [-0.1, -0.05) is 13.8 Å². The van der Waals surface area contributed by atoms with E-state index in [9.17, 15) is 9.59 Å². The lowest BCUT2D eigenvalue weighted by Gasteiger charge is -2.27. The molecule has 1 unspecified atom stereocenters. The van der Waals surface area contributed by atoms with E-state index in [1.165, 1.54) is 7.11 Å². The highest BCUT2D eigenvalue weighted by molar-refractivity contribution is 5.90. The van der Waals surface area contributed by atoms with Gasteiger partial charge in [-0.2, -0.15) is 0 Å². The fraction of sp³-hybridized carbons (Fsp3) is 0.833. The van der Waals surface area contributed by atoms with Crippen molar-refractivity contribution in [3.05, 3.63) is 0 Å². The summed E-state index contributed by atoms with van der Waals surface area (Å²) < 4.78 is 4.70. The molecule has 1 rings (SSSR count). The van der Waals surface area contributed by atoms with Crippen LogP contribution >= 0.6 is 0 Å². The van der Waals surface area contributed by atoms with Gasteiger partial charge in [0.15, 0.2) is 0 Å². The molecule has 0 aromatic carbocycles. The molecule has 2 N–H and O–H groups in total. The molecule has 0 aromatic rings. The molecule has 0 spiro atoms. The quantitative estimate of drug-likeness (QED) is 0.702. The third-order valence-corrected chi connectivity index (χ3v) is 3.28. The minimum Gasteiger partial charge on any atom is -0.467 e.